The number of nitrogens with zero attached hydrogens (tertiary/aromatic N) is 3. The van der Waals surface area contributed by atoms with Gasteiger partial charge in [-0.05, 0) is 25.1 Å². The first-order valence-electron chi connectivity index (χ1n) is 5.94. The summed E-state index contributed by atoms with van der Waals surface area (Å²) in [6.45, 7) is 1.57. The minimum absolute atomic E-state index is 0.0529. The molecule has 0 aliphatic carbocycles. The molecular weight excluding hydrogens is 261 g/mol. The van der Waals surface area contributed by atoms with Crippen LogP contribution in [-0.2, 0) is 0 Å². The maximum absolute atomic E-state index is 13.5. The minimum atomic E-state index is -0.769. The predicted octanol–water partition coefficient (Wildman–Crippen LogP) is 2.08. The summed E-state index contributed by atoms with van der Waals surface area (Å²) >= 11 is 0. The highest BCUT2D eigenvalue weighted by atomic mass is 19.1. The Hall–Kier alpha value is -2.76. The highest BCUT2D eigenvalue weighted by Crippen LogP contribution is 2.13. The second-order valence-corrected chi connectivity index (χ2v) is 4.16. The fourth-order valence-corrected chi connectivity index (χ4v) is 1.87. The molecule has 2 aromatic heterocycles. The number of aryl methyl sites for hydroxylation is 1. The summed E-state index contributed by atoms with van der Waals surface area (Å²) in [4.78, 5) is 25.3. The van der Waals surface area contributed by atoms with E-state index in [2.05, 4.69) is 9.97 Å². The van der Waals surface area contributed by atoms with Gasteiger partial charge in [-0.15, -0.1) is 4.73 Å². The summed E-state index contributed by atoms with van der Waals surface area (Å²) < 4.78 is 14.6. The van der Waals surface area contributed by atoms with Crippen molar-refractivity contribution in [3.05, 3.63) is 64.7 Å². The molecular formula is C14H10FN3O2. The summed E-state index contributed by atoms with van der Waals surface area (Å²) in [5.74, 6) is -0.0267. The van der Waals surface area contributed by atoms with E-state index in [9.17, 15) is 9.18 Å². The van der Waals surface area contributed by atoms with Gasteiger partial charge in [0.25, 0.3) is 5.56 Å². The number of hydrogen-bond acceptors (Lipinski definition) is 4. The van der Waals surface area contributed by atoms with Crippen LogP contribution in [-0.4, -0.2) is 14.7 Å². The Labute approximate surface area is 113 Å². The molecule has 0 bridgehead atoms. The molecule has 0 atom stereocenters. The van der Waals surface area contributed by atoms with E-state index in [4.69, 9.17) is 4.84 Å². The van der Waals surface area contributed by atoms with E-state index in [1.54, 1.807) is 31.2 Å². The molecule has 3 rings (SSSR count). The number of pyridine rings is 1. The van der Waals surface area contributed by atoms with Crippen molar-refractivity contribution < 1.29 is 9.23 Å². The second kappa shape index (κ2) is 4.73. The monoisotopic (exact) mass is 271 g/mol. The van der Waals surface area contributed by atoms with Crippen molar-refractivity contribution in [2.24, 2.45) is 0 Å². The maximum Gasteiger partial charge on any atom is 0.294 e. The third kappa shape index (κ3) is 2.01. The summed E-state index contributed by atoms with van der Waals surface area (Å²) in [5, 5.41) is 0.124. The Bertz CT molecular complexity index is 831. The van der Waals surface area contributed by atoms with Gasteiger partial charge in [0, 0.05) is 6.20 Å². The Morgan fingerprint density at radius 1 is 1.20 bits per heavy atom. The van der Waals surface area contributed by atoms with Gasteiger partial charge in [0.05, 0.1) is 5.39 Å². The lowest BCUT2D eigenvalue weighted by Crippen LogP contribution is -2.28. The summed E-state index contributed by atoms with van der Waals surface area (Å²) in [6, 6.07) is 10.2. The number of halogens is 1. The lowest BCUT2D eigenvalue weighted by Gasteiger charge is -2.11. The third-order valence-corrected chi connectivity index (χ3v) is 2.80. The van der Waals surface area contributed by atoms with Crippen LogP contribution in [0.1, 0.15) is 5.82 Å². The number of fused-ring (bicyclic) bond motifs is 1. The zero-order valence-corrected chi connectivity index (χ0v) is 10.6. The van der Waals surface area contributed by atoms with Crippen LogP contribution in [0.2, 0.25) is 0 Å². The van der Waals surface area contributed by atoms with E-state index in [1.807, 2.05) is 6.07 Å². The van der Waals surface area contributed by atoms with Gasteiger partial charge in [0.2, 0.25) is 5.95 Å². The van der Waals surface area contributed by atoms with Gasteiger partial charge in [-0.1, -0.05) is 18.2 Å². The van der Waals surface area contributed by atoms with Crippen molar-refractivity contribution in [3.8, 4) is 5.75 Å². The molecule has 0 fully saturated rings. The Morgan fingerprint density at radius 3 is 2.70 bits per heavy atom. The smallest absolute Gasteiger partial charge is 0.294 e. The zero-order chi connectivity index (χ0) is 14.1. The van der Waals surface area contributed by atoms with Crippen LogP contribution in [0.25, 0.3) is 10.9 Å². The van der Waals surface area contributed by atoms with E-state index in [0.29, 0.717) is 5.75 Å². The molecule has 0 spiro atoms. The molecule has 1 aromatic carbocycles. The summed E-state index contributed by atoms with van der Waals surface area (Å²) in [6.07, 6.45) is 1.23. The molecule has 2 heterocycles. The number of aromatic nitrogens is 3. The normalized spacial score (nSPS) is 10.7. The van der Waals surface area contributed by atoms with Crippen LogP contribution in [0.4, 0.5) is 4.39 Å². The molecule has 0 amide bonds. The predicted molar refractivity (Wildman–Crippen MR) is 71.0 cm³/mol. The number of benzene rings is 1. The van der Waals surface area contributed by atoms with E-state index in [1.165, 1.54) is 12.3 Å². The first-order valence-corrected chi connectivity index (χ1v) is 5.94. The summed E-state index contributed by atoms with van der Waals surface area (Å²) in [5.41, 5.74) is -0.527. The topological polar surface area (TPSA) is 57.0 Å². The van der Waals surface area contributed by atoms with Gasteiger partial charge in [0.15, 0.2) is 5.75 Å². The number of rotatable bonds is 2. The van der Waals surface area contributed by atoms with E-state index in [0.717, 1.165) is 4.73 Å². The Morgan fingerprint density at radius 2 is 1.95 bits per heavy atom. The molecule has 0 aliphatic heterocycles. The van der Waals surface area contributed by atoms with Crippen LogP contribution in [0.15, 0.2) is 47.4 Å². The molecule has 0 aliphatic rings. The van der Waals surface area contributed by atoms with Crippen molar-refractivity contribution in [1.82, 2.24) is 14.7 Å². The highest BCUT2D eigenvalue weighted by Gasteiger charge is 2.13. The quantitative estimate of drug-likeness (QED) is 0.670. The average molecular weight is 271 g/mol. The lowest BCUT2D eigenvalue weighted by molar-refractivity contribution is 0.195. The molecule has 0 radical (unpaired) electrons. The molecule has 0 N–H and O–H groups in total. The van der Waals surface area contributed by atoms with Crippen LogP contribution >= 0.6 is 0 Å². The van der Waals surface area contributed by atoms with Crippen molar-refractivity contribution in [2.45, 2.75) is 6.92 Å². The van der Waals surface area contributed by atoms with E-state index < -0.39 is 11.5 Å². The molecule has 5 nitrogen and oxygen atoms in total. The van der Waals surface area contributed by atoms with Gasteiger partial charge >= 0.3 is 0 Å². The van der Waals surface area contributed by atoms with Gasteiger partial charge in [-0.3, -0.25) is 4.79 Å². The van der Waals surface area contributed by atoms with Gasteiger partial charge in [0.1, 0.15) is 11.3 Å². The van der Waals surface area contributed by atoms with Crippen LogP contribution < -0.4 is 10.4 Å². The molecule has 20 heavy (non-hydrogen) atoms. The number of para-hydroxylation sites is 1. The van der Waals surface area contributed by atoms with Crippen LogP contribution in [0.3, 0.4) is 0 Å². The Kier molecular flexibility index (Phi) is 2.90. The maximum atomic E-state index is 13.5. The van der Waals surface area contributed by atoms with Crippen molar-refractivity contribution in [2.75, 3.05) is 0 Å². The van der Waals surface area contributed by atoms with Crippen molar-refractivity contribution in [3.63, 3.8) is 0 Å². The van der Waals surface area contributed by atoms with Crippen LogP contribution in [0.5, 0.6) is 5.75 Å². The molecule has 100 valence electrons. The average Bonchev–Trinajstić information content (AvgIpc) is 2.46. The molecule has 0 saturated carbocycles. The first-order chi connectivity index (χ1) is 9.66. The van der Waals surface area contributed by atoms with Gasteiger partial charge < -0.3 is 4.84 Å². The van der Waals surface area contributed by atoms with Crippen LogP contribution in [0, 0.1) is 12.9 Å². The zero-order valence-electron chi connectivity index (χ0n) is 10.6. The summed E-state index contributed by atoms with van der Waals surface area (Å²) in [7, 11) is 0. The molecule has 3 aromatic rings. The number of hydrogen-bond donors (Lipinski definition) is 0. The molecule has 6 heteroatoms. The standard InChI is InChI=1S/C14H10FN3O2/c1-9-17-12-11(7-8-16-13(12)15)14(19)18(9)20-10-5-3-2-4-6-10/h2-8H,1H3. The SMILES string of the molecule is Cc1nc2c(F)nccc2c(=O)n1Oc1ccccc1. The van der Waals surface area contributed by atoms with Crippen molar-refractivity contribution >= 4 is 10.9 Å². The third-order valence-electron chi connectivity index (χ3n) is 2.80. The molecule has 0 saturated heterocycles. The van der Waals surface area contributed by atoms with E-state index in [-0.39, 0.29) is 16.7 Å². The van der Waals surface area contributed by atoms with Crippen molar-refractivity contribution in [1.29, 1.82) is 0 Å². The Balaban J connectivity index is 2.20. The first kappa shape index (κ1) is 12.3. The minimum Gasteiger partial charge on any atom is -0.370 e. The van der Waals surface area contributed by atoms with Gasteiger partial charge in [-0.2, -0.15) is 4.39 Å². The van der Waals surface area contributed by atoms with Gasteiger partial charge in [-0.25, -0.2) is 9.97 Å². The largest absolute Gasteiger partial charge is 0.370 e. The molecule has 0 unspecified atom stereocenters. The lowest BCUT2D eigenvalue weighted by atomic mass is 10.3. The van der Waals surface area contributed by atoms with E-state index >= 15 is 0 Å². The second-order valence-electron chi connectivity index (χ2n) is 4.16. The fourth-order valence-electron chi connectivity index (χ4n) is 1.87. The highest BCUT2D eigenvalue weighted by molar-refractivity contribution is 5.76. The fraction of sp³-hybridized carbons (Fsp3) is 0.0714.